The van der Waals surface area contributed by atoms with Gasteiger partial charge >= 0.3 is 16.5 Å². The van der Waals surface area contributed by atoms with Gasteiger partial charge in [0, 0.05) is 18.1 Å². The SMILES string of the molecule is CN1CCCC1C1=C[N-]CC=C1.CN1CCCC1C1CCC[N-]C1.CN1CCCC1C1CCC[N-]C1.N#CS.[Ni+2]. The van der Waals surface area contributed by atoms with Gasteiger partial charge < -0.3 is 25.8 Å². The summed E-state index contributed by atoms with van der Waals surface area (Å²) in [5.41, 5.74) is 1.39. The molecule has 0 spiro atoms. The molecule has 0 saturated carbocycles. The van der Waals surface area contributed by atoms with Crippen molar-refractivity contribution < 1.29 is 16.5 Å². The Morgan fingerprint density at radius 2 is 1.27 bits per heavy atom. The van der Waals surface area contributed by atoms with Gasteiger partial charge in [0.2, 0.25) is 0 Å². The number of hydrogen-bond donors (Lipinski definition) is 1. The van der Waals surface area contributed by atoms with Crippen LogP contribution >= 0.6 is 12.6 Å². The van der Waals surface area contributed by atoms with Crippen LogP contribution < -0.4 is 0 Å². The van der Waals surface area contributed by atoms with Gasteiger partial charge in [0.05, 0.1) is 0 Å². The maximum atomic E-state index is 7.18. The fraction of sp³-hybridized carbons (Fsp3) is 0.839. The molecule has 5 unspecified atom stereocenters. The van der Waals surface area contributed by atoms with Crippen LogP contribution in [0, 0.1) is 22.5 Å². The second kappa shape index (κ2) is 20.3. The van der Waals surface area contributed by atoms with Crippen molar-refractivity contribution in [2.45, 2.75) is 82.3 Å². The monoisotopic (exact) mass is 614 g/mol. The van der Waals surface area contributed by atoms with Crippen LogP contribution in [0.1, 0.15) is 64.2 Å². The van der Waals surface area contributed by atoms with Crippen molar-refractivity contribution in [1.82, 2.24) is 14.7 Å². The van der Waals surface area contributed by atoms with E-state index >= 15 is 0 Å². The predicted octanol–water partition coefficient (Wildman–Crippen LogP) is 6.03. The number of nitriles is 1. The van der Waals surface area contributed by atoms with Gasteiger partial charge in [0.15, 0.2) is 0 Å². The number of thiol groups is 1. The molecule has 6 aliphatic rings. The fourth-order valence-corrected chi connectivity index (χ4v) is 7.30. The van der Waals surface area contributed by atoms with Crippen LogP contribution in [0.4, 0.5) is 0 Å². The number of hydrogen-bond acceptors (Lipinski definition) is 5. The largest absolute Gasteiger partial charge is 2.00 e. The number of rotatable bonds is 3. The zero-order valence-corrected chi connectivity index (χ0v) is 27.1. The Bertz CT molecular complexity index is 742. The van der Waals surface area contributed by atoms with Crippen LogP contribution in [0.5, 0.6) is 0 Å². The number of likely N-dealkylation sites (tertiary alicyclic amines) is 3. The van der Waals surface area contributed by atoms with Crippen molar-refractivity contribution in [3.05, 3.63) is 39.9 Å². The van der Waals surface area contributed by atoms with E-state index in [2.05, 4.69) is 76.6 Å². The van der Waals surface area contributed by atoms with E-state index in [0.717, 1.165) is 56.6 Å². The van der Waals surface area contributed by atoms with Crippen molar-refractivity contribution in [3.63, 3.8) is 0 Å². The molecule has 6 heterocycles. The first-order valence-corrected chi connectivity index (χ1v) is 15.9. The Balaban J connectivity index is 0.000000198. The second-order valence-electron chi connectivity index (χ2n) is 12.1. The summed E-state index contributed by atoms with van der Waals surface area (Å²) in [4.78, 5) is 7.48. The maximum Gasteiger partial charge on any atom is 2.00 e. The number of nitrogens with zero attached hydrogens (tertiary/aromatic N) is 7. The molecular formula is C31H54N7NiS-. The normalized spacial score (nSPS) is 32.5. The molecular weight excluding hydrogens is 561 g/mol. The van der Waals surface area contributed by atoms with E-state index in [1.807, 2.05) is 6.20 Å². The molecule has 7 nitrogen and oxygen atoms in total. The van der Waals surface area contributed by atoms with Gasteiger partial charge in [-0.15, -0.1) is 38.8 Å². The zero-order chi connectivity index (χ0) is 27.9. The van der Waals surface area contributed by atoms with E-state index in [1.165, 1.54) is 94.8 Å². The first-order valence-electron chi connectivity index (χ1n) is 15.5. The molecule has 0 aromatic carbocycles. The van der Waals surface area contributed by atoms with E-state index in [0.29, 0.717) is 6.04 Å². The van der Waals surface area contributed by atoms with Crippen molar-refractivity contribution in [1.29, 1.82) is 5.26 Å². The molecule has 0 aromatic heterocycles. The number of thiocyanates is 1. The summed E-state index contributed by atoms with van der Waals surface area (Å²) in [6.45, 7) is 9.21. The first-order chi connectivity index (χ1) is 19.0. The first kappa shape index (κ1) is 35.6. The number of piperidine rings is 2. The van der Waals surface area contributed by atoms with Gasteiger partial charge in [0.1, 0.15) is 5.40 Å². The molecule has 6 aliphatic heterocycles. The van der Waals surface area contributed by atoms with E-state index in [1.54, 1.807) is 0 Å². The van der Waals surface area contributed by atoms with Crippen molar-refractivity contribution in [3.8, 4) is 5.40 Å². The van der Waals surface area contributed by atoms with Crippen LogP contribution in [0.15, 0.2) is 23.9 Å². The predicted molar refractivity (Wildman–Crippen MR) is 169 cm³/mol. The Hall–Kier alpha value is -0.586. The van der Waals surface area contributed by atoms with Gasteiger partial charge in [-0.25, -0.2) is 0 Å². The minimum atomic E-state index is 0. The minimum absolute atomic E-state index is 0. The summed E-state index contributed by atoms with van der Waals surface area (Å²) < 4.78 is 0. The standard InChI is InChI=1S/2C10H19N2.C10H15N2.CHNS.Ni/c3*1-12-7-3-5-10(12)9-4-2-6-11-8-9;2-1-3;/h2*9-10H,2-8H2,1H3;2,4,8,10H,3,5-7H2,1H3;3H;/q3*-1;;+2. The Morgan fingerprint density at radius 3 is 1.62 bits per heavy atom. The molecule has 0 amide bonds. The molecule has 40 heavy (non-hydrogen) atoms. The Labute approximate surface area is 261 Å². The van der Waals surface area contributed by atoms with Crippen molar-refractivity contribution in [2.24, 2.45) is 11.8 Å². The summed E-state index contributed by atoms with van der Waals surface area (Å²) in [5, 5.41) is 21.9. The smallest absolute Gasteiger partial charge is 0.687 e. The molecule has 0 aromatic rings. The minimum Gasteiger partial charge on any atom is -0.687 e. The third-order valence-corrected chi connectivity index (χ3v) is 9.42. The van der Waals surface area contributed by atoms with Crippen molar-refractivity contribution in [2.75, 3.05) is 73.5 Å². The average molecular weight is 616 g/mol. The maximum absolute atomic E-state index is 7.18. The third-order valence-electron chi connectivity index (χ3n) is 9.42. The molecule has 230 valence electrons. The molecule has 0 radical (unpaired) electrons. The third kappa shape index (κ3) is 11.6. The summed E-state index contributed by atoms with van der Waals surface area (Å²) in [6.07, 6.45) is 20.1. The zero-order valence-electron chi connectivity index (χ0n) is 25.2. The molecule has 5 atom stereocenters. The summed E-state index contributed by atoms with van der Waals surface area (Å²) in [6, 6.07) is 2.34. The molecule has 5 saturated heterocycles. The van der Waals surface area contributed by atoms with Gasteiger partial charge in [-0.1, -0.05) is 50.0 Å². The van der Waals surface area contributed by atoms with Crippen LogP contribution in [-0.4, -0.2) is 106 Å². The molecule has 0 bridgehead atoms. The van der Waals surface area contributed by atoms with Crippen LogP contribution in [0.3, 0.4) is 0 Å². The van der Waals surface area contributed by atoms with E-state index in [9.17, 15) is 0 Å². The summed E-state index contributed by atoms with van der Waals surface area (Å²) in [7, 11) is 6.74. The van der Waals surface area contributed by atoms with Crippen LogP contribution in [-0.2, 0) is 16.5 Å². The Morgan fingerprint density at radius 1 is 0.775 bits per heavy atom. The van der Waals surface area contributed by atoms with E-state index in [4.69, 9.17) is 5.26 Å². The van der Waals surface area contributed by atoms with Gasteiger partial charge in [0.25, 0.3) is 0 Å². The van der Waals surface area contributed by atoms with E-state index in [-0.39, 0.29) is 16.5 Å². The molecule has 9 heteroatoms. The Kier molecular flexibility index (Phi) is 18.1. The van der Waals surface area contributed by atoms with Crippen LogP contribution in [0.2, 0.25) is 0 Å². The van der Waals surface area contributed by atoms with Gasteiger partial charge in [-0.2, -0.15) is 11.5 Å². The van der Waals surface area contributed by atoms with Gasteiger partial charge in [-0.3, -0.25) is 4.90 Å². The molecule has 0 N–H and O–H groups in total. The molecule has 0 aliphatic carbocycles. The number of likely N-dealkylation sites (N-methyl/N-ethyl adjacent to an activating group) is 1. The topological polar surface area (TPSA) is 75.8 Å². The molecule has 6 rings (SSSR count). The second-order valence-corrected chi connectivity index (χ2v) is 12.3. The average Bonchev–Trinajstić information content (AvgIpc) is 3.72. The van der Waals surface area contributed by atoms with Crippen molar-refractivity contribution >= 4 is 12.6 Å². The molecule has 5 fully saturated rings. The van der Waals surface area contributed by atoms with E-state index < -0.39 is 0 Å². The fourth-order valence-electron chi connectivity index (χ4n) is 7.30. The van der Waals surface area contributed by atoms with Gasteiger partial charge in [-0.05, 0) is 91.1 Å². The summed E-state index contributed by atoms with van der Waals surface area (Å²) >= 11 is 3.09. The van der Waals surface area contributed by atoms with Crippen LogP contribution in [0.25, 0.3) is 16.0 Å². The summed E-state index contributed by atoms with van der Waals surface area (Å²) in [5.74, 6) is 1.76. The quantitative estimate of drug-likeness (QED) is 0.239.